The average Bonchev–Trinajstić information content (AvgIpc) is 2.71. The van der Waals surface area contributed by atoms with E-state index in [1.165, 1.54) is 0 Å². The maximum atomic E-state index is 5.95. The number of hydrogen-bond acceptors (Lipinski definition) is 2. The molecule has 0 amide bonds. The third-order valence-electron chi connectivity index (χ3n) is 2.46. The molecule has 0 saturated carbocycles. The molecular formula is C11H10Cl3NO. The third kappa shape index (κ3) is 2.45. The van der Waals surface area contributed by atoms with Crippen molar-refractivity contribution in [2.24, 2.45) is 5.16 Å². The van der Waals surface area contributed by atoms with Crippen molar-refractivity contribution in [2.45, 2.75) is 24.8 Å². The van der Waals surface area contributed by atoms with E-state index in [-0.39, 0.29) is 11.5 Å². The molecule has 0 bridgehead atoms. The van der Waals surface area contributed by atoms with E-state index in [4.69, 9.17) is 39.6 Å². The molecule has 1 aromatic carbocycles. The first kappa shape index (κ1) is 12.0. The minimum atomic E-state index is -0.0657. The third-order valence-corrected chi connectivity index (χ3v) is 3.48. The van der Waals surface area contributed by atoms with Crippen molar-refractivity contribution < 1.29 is 4.84 Å². The largest absolute Gasteiger partial charge is 0.390 e. The SMILES string of the molecule is CC(Cl)C1CC(c2ccc(Cl)c(Cl)c2)=NO1. The Morgan fingerprint density at radius 1 is 1.38 bits per heavy atom. The van der Waals surface area contributed by atoms with Crippen LogP contribution in [0, 0.1) is 0 Å². The zero-order valence-electron chi connectivity index (χ0n) is 8.58. The molecule has 2 rings (SSSR count). The molecule has 0 aromatic heterocycles. The van der Waals surface area contributed by atoms with Crippen LogP contribution in [-0.2, 0) is 4.84 Å². The van der Waals surface area contributed by atoms with Crippen LogP contribution >= 0.6 is 34.8 Å². The second kappa shape index (κ2) is 4.82. The Morgan fingerprint density at radius 3 is 2.69 bits per heavy atom. The summed E-state index contributed by atoms with van der Waals surface area (Å²) < 4.78 is 0. The number of oxime groups is 1. The number of hydrogen-bond donors (Lipinski definition) is 0. The van der Waals surface area contributed by atoms with Gasteiger partial charge in [0.1, 0.15) is 6.10 Å². The maximum Gasteiger partial charge on any atom is 0.149 e. The fourth-order valence-corrected chi connectivity index (χ4v) is 1.92. The van der Waals surface area contributed by atoms with Gasteiger partial charge in [0.2, 0.25) is 0 Å². The van der Waals surface area contributed by atoms with Crippen LogP contribution in [0.5, 0.6) is 0 Å². The molecule has 0 spiro atoms. The Bertz CT molecular complexity index is 431. The molecule has 0 N–H and O–H groups in total. The van der Waals surface area contributed by atoms with Crippen molar-refractivity contribution in [1.82, 2.24) is 0 Å². The number of halogens is 3. The van der Waals surface area contributed by atoms with E-state index in [9.17, 15) is 0 Å². The van der Waals surface area contributed by atoms with Crippen molar-refractivity contribution >= 4 is 40.5 Å². The fraction of sp³-hybridized carbons (Fsp3) is 0.364. The molecule has 0 radical (unpaired) electrons. The van der Waals surface area contributed by atoms with E-state index < -0.39 is 0 Å². The molecule has 86 valence electrons. The molecular weight excluding hydrogens is 268 g/mol. The minimum Gasteiger partial charge on any atom is -0.390 e. The lowest BCUT2D eigenvalue weighted by Crippen LogP contribution is -2.18. The second-order valence-corrected chi connectivity index (χ2v) is 5.20. The lowest BCUT2D eigenvalue weighted by Gasteiger charge is -2.09. The molecule has 16 heavy (non-hydrogen) atoms. The second-order valence-electron chi connectivity index (χ2n) is 3.69. The van der Waals surface area contributed by atoms with Gasteiger partial charge in [-0.05, 0) is 19.1 Å². The molecule has 2 atom stereocenters. The normalized spacial score (nSPS) is 21.5. The van der Waals surface area contributed by atoms with Gasteiger partial charge < -0.3 is 4.84 Å². The van der Waals surface area contributed by atoms with Gasteiger partial charge in [0.05, 0.1) is 21.1 Å². The highest BCUT2D eigenvalue weighted by molar-refractivity contribution is 6.42. The number of nitrogens with zero attached hydrogens (tertiary/aromatic N) is 1. The summed E-state index contributed by atoms with van der Waals surface area (Å²) in [5, 5.41) is 5.00. The summed E-state index contributed by atoms with van der Waals surface area (Å²) in [5.41, 5.74) is 1.78. The average molecular weight is 279 g/mol. The molecule has 1 aliphatic heterocycles. The summed E-state index contributed by atoms with van der Waals surface area (Å²) in [6, 6.07) is 5.41. The predicted octanol–water partition coefficient (Wildman–Crippen LogP) is 4.11. The van der Waals surface area contributed by atoms with Crippen molar-refractivity contribution in [1.29, 1.82) is 0 Å². The van der Waals surface area contributed by atoms with Gasteiger partial charge in [-0.3, -0.25) is 0 Å². The molecule has 2 unspecified atom stereocenters. The summed E-state index contributed by atoms with van der Waals surface area (Å²) in [5.74, 6) is 0. The standard InChI is InChI=1S/C11H10Cl3NO/c1-6(12)11-5-10(15-16-11)7-2-3-8(13)9(14)4-7/h2-4,6,11H,5H2,1H3. The quantitative estimate of drug-likeness (QED) is 0.746. The van der Waals surface area contributed by atoms with Gasteiger partial charge in [0.15, 0.2) is 0 Å². The molecule has 0 saturated heterocycles. The van der Waals surface area contributed by atoms with Crippen molar-refractivity contribution in [3.05, 3.63) is 33.8 Å². The van der Waals surface area contributed by atoms with Crippen LogP contribution < -0.4 is 0 Å². The van der Waals surface area contributed by atoms with Gasteiger partial charge in [-0.1, -0.05) is 34.4 Å². The van der Waals surface area contributed by atoms with Gasteiger partial charge in [-0.2, -0.15) is 0 Å². The highest BCUT2D eigenvalue weighted by Gasteiger charge is 2.26. The number of benzene rings is 1. The smallest absolute Gasteiger partial charge is 0.149 e. The van der Waals surface area contributed by atoms with Gasteiger partial charge in [0, 0.05) is 12.0 Å². The van der Waals surface area contributed by atoms with E-state index >= 15 is 0 Å². The van der Waals surface area contributed by atoms with Crippen molar-refractivity contribution in [3.63, 3.8) is 0 Å². The van der Waals surface area contributed by atoms with Gasteiger partial charge in [-0.15, -0.1) is 11.6 Å². The monoisotopic (exact) mass is 277 g/mol. The Hall–Kier alpha value is -0.440. The van der Waals surface area contributed by atoms with E-state index in [2.05, 4.69) is 5.16 Å². The predicted molar refractivity (Wildman–Crippen MR) is 67.8 cm³/mol. The van der Waals surface area contributed by atoms with Crippen LogP contribution in [0.4, 0.5) is 0 Å². The Morgan fingerprint density at radius 2 is 2.12 bits per heavy atom. The zero-order chi connectivity index (χ0) is 11.7. The highest BCUT2D eigenvalue weighted by Crippen LogP contribution is 2.26. The maximum absolute atomic E-state index is 5.95. The van der Waals surface area contributed by atoms with E-state index in [0.29, 0.717) is 16.5 Å². The molecule has 1 aliphatic rings. The van der Waals surface area contributed by atoms with Crippen LogP contribution in [0.25, 0.3) is 0 Å². The summed E-state index contributed by atoms with van der Waals surface area (Å²) in [7, 11) is 0. The van der Waals surface area contributed by atoms with E-state index in [1.807, 2.05) is 13.0 Å². The first-order chi connectivity index (χ1) is 7.58. The number of rotatable bonds is 2. The topological polar surface area (TPSA) is 21.6 Å². The van der Waals surface area contributed by atoms with E-state index in [1.54, 1.807) is 12.1 Å². The van der Waals surface area contributed by atoms with Gasteiger partial charge >= 0.3 is 0 Å². The van der Waals surface area contributed by atoms with E-state index in [0.717, 1.165) is 11.3 Å². The molecule has 2 nitrogen and oxygen atoms in total. The highest BCUT2D eigenvalue weighted by atomic mass is 35.5. The minimum absolute atomic E-state index is 0.0638. The molecule has 0 aliphatic carbocycles. The lowest BCUT2D eigenvalue weighted by atomic mass is 10.0. The summed E-state index contributed by atoms with van der Waals surface area (Å²) in [4.78, 5) is 5.23. The zero-order valence-corrected chi connectivity index (χ0v) is 10.9. The molecule has 0 fully saturated rings. The summed E-state index contributed by atoms with van der Waals surface area (Å²) in [6.45, 7) is 1.89. The molecule has 5 heteroatoms. The lowest BCUT2D eigenvalue weighted by molar-refractivity contribution is 0.0855. The van der Waals surface area contributed by atoms with Crippen LogP contribution in [0.1, 0.15) is 18.9 Å². The molecule has 1 heterocycles. The van der Waals surface area contributed by atoms with Crippen molar-refractivity contribution in [2.75, 3.05) is 0 Å². The van der Waals surface area contributed by atoms with Crippen LogP contribution in [0.3, 0.4) is 0 Å². The Balaban J connectivity index is 2.18. The first-order valence-corrected chi connectivity index (χ1v) is 6.09. The summed E-state index contributed by atoms with van der Waals surface area (Å²) >= 11 is 17.7. The van der Waals surface area contributed by atoms with Crippen LogP contribution in [0.15, 0.2) is 23.4 Å². The van der Waals surface area contributed by atoms with Crippen LogP contribution in [0.2, 0.25) is 10.0 Å². The fourth-order valence-electron chi connectivity index (χ4n) is 1.49. The Kier molecular flexibility index (Phi) is 3.63. The van der Waals surface area contributed by atoms with Gasteiger partial charge in [-0.25, -0.2) is 0 Å². The van der Waals surface area contributed by atoms with Gasteiger partial charge in [0.25, 0.3) is 0 Å². The molecule has 1 aromatic rings. The number of alkyl halides is 1. The Labute approximate surface area is 109 Å². The van der Waals surface area contributed by atoms with Crippen LogP contribution in [-0.4, -0.2) is 17.2 Å². The first-order valence-electron chi connectivity index (χ1n) is 4.90. The van der Waals surface area contributed by atoms with Crippen molar-refractivity contribution in [3.8, 4) is 0 Å². The summed E-state index contributed by atoms with van der Waals surface area (Å²) in [6.07, 6.45) is 0.633.